The molecule has 170 valence electrons. The van der Waals surface area contributed by atoms with Gasteiger partial charge in [-0.05, 0) is 25.5 Å². The number of anilines is 1. The maximum absolute atomic E-state index is 12.3. The summed E-state index contributed by atoms with van der Waals surface area (Å²) in [5.41, 5.74) is -0.643. The topological polar surface area (TPSA) is 174 Å². The van der Waals surface area contributed by atoms with Gasteiger partial charge in [-0.15, -0.1) is 11.3 Å². The maximum atomic E-state index is 12.3. The fourth-order valence-corrected chi connectivity index (χ4v) is 3.71. The molecule has 0 spiro atoms. The van der Waals surface area contributed by atoms with Gasteiger partial charge >= 0.3 is 11.9 Å². The first-order chi connectivity index (χ1) is 15.1. The van der Waals surface area contributed by atoms with Crippen LogP contribution in [0.2, 0.25) is 0 Å². The molecule has 0 saturated carbocycles. The molecule has 0 bridgehead atoms. The highest BCUT2D eigenvalue weighted by Crippen LogP contribution is 2.33. The highest BCUT2D eigenvalue weighted by Gasteiger charge is 2.27. The molecule has 3 N–H and O–H groups in total. The van der Waals surface area contributed by atoms with E-state index in [-0.39, 0.29) is 22.0 Å². The van der Waals surface area contributed by atoms with E-state index < -0.39 is 52.3 Å². The number of ether oxygens (including phenoxy) is 2. The second-order valence-electron chi connectivity index (χ2n) is 6.14. The summed E-state index contributed by atoms with van der Waals surface area (Å²) in [4.78, 5) is 59.0. The molecule has 0 radical (unpaired) electrons. The van der Waals surface area contributed by atoms with Crippen LogP contribution in [0.25, 0.3) is 0 Å². The molecule has 0 aliphatic rings. The van der Waals surface area contributed by atoms with E-state index in [1.807, 2.05) is 0 Å². The molecule has 32 heavy (non-hydrogen) atoms. The van der Waals surface area contributed by atoms with Crippen molar-refractivity contribution in [2.45, 2.75) is 13.8 Å². The Hall–Kier alpha value is -4.00. The van der Waals surface area contributed by atoms with Gasteiger partial charge in [-0.1, -0.05) is 0 Å². The predicted molar refractivity (Wildman–Crippen MR) is 112 cm³/mol. The molecule has 0 aliphatic carbocycles. The number of non-ortho nitro benzene ring substituents is 1. The number of rotatable bonds is 8. The monoisotopic (exact) mass is 465 g/mol. The third-order valence-electron chi connectivity index (χ3n) is 4.06. The lowest BCUT2D eigenvalue weighted by molar-refractivity contribution is -0.384. The third kappa shape index (κ3) is 5.37. The predicted octanol–water partition coefficient (Wildman–Crippen LogP) is 2.00. The standard InChI is InChI=1S/C19H19N3O9S/c1-4-30-19(27)14-9(2)15(16(25)20-3)32-17(14)21-13(24)8-31-18(26)11-7-10(22(28)29)5-6-12(11)23/h5-7,23H,4,8H2,1-3H3,(H,20,25)(H,21,24). The summed E-state index contributed by atoms with van der Waals surface area (Å²) in [5, 5.41) is 25.4. The zero-order valence-corrected chi connectivity index (χ0v) is 18.0. The van der Waals surface area contributed by atoms with Crippen LogP contribution in [0.15, 0.2) is 18.2 Å². The quantitative estimate of drug-likeness (QED) is 0.299. The largest absolute Gasteiger partial charge is 0.507 e. The Morgan fingerprint density at radius 1 is 1.19 bits per heavy atom. The molecule has 1 heterocycles. The highest BCUT2D eigenvalue weighted by atomic mass is 32.1. The molecule has 0 saturated heterocycles. The van der Waals surface area contributed by atoms with Gasteiger partial charge in [-0.25, -0.2) is 9.59 Å². The molecule has 2 aromatic rings. The number of nitro groups is 1. The van der Waals surface area contributed by atoms with Gasteiger partial charge in [0.05, 0.1) is 22.0 Å². The number of benzene rings is 1. The number of carbonyl (C=O) groups excluding carboxylic acids is 4. The lowest BCUT2D eigenvalue weighted by Crippen LogP contribution is -2.22. The number of hydrogen-bond acceptors (Lipinski definition) is 10. The van der Waals surface area contributed by atoms with Crippen molar-refractivity contribution in [1.82, 2.24) is 5.32 Å². The average molecular weight is 465 g/mol. The number of nitrogens with one attached hydrogen (secondary N) is 2. The Morgan fingerprint density at radius 2 is 1.88 bits per heavy atom. The zero-order chi connectivity index (χ0) is 24.0. The van der Waals surface area contributed by atoms with E-state index >= 15 is 0 Å². The summed E-state index contributed by atoms with van der Waals surface area (Å²) in [6, 6.07) is 2.76. The molecule has 2 amide bonds. The van der Waals surface area contributed by atoms with E-state index in [1.54, 1.807) is 6.92 Å². The van der Waals surface area contributed by atoms with E-state index in [9.17, 15) is 34.4 Å². The molecule has 13 heteroatoms. The van der Waals surface area contributed by atoms with Crippen LogP contribution in [0, 0.1) is 17.0 Å². The number of esters is 2. The van der Waals surface area contributed by atoms with Crippen molar-refractivity contribution in [2.75, 3.05) is 25.6 Å². The smallest absolute Gasteiger partial charge is 0.342 e. The van der Waals surface area contributed by atoms with Crippen LogP contribution in [0.5, 0.6) is 5.75 Å². The summed E-state index contributed by atoms with van der Waals surface area (Å²) in [6.07, 6.45) is 0. The number of aromatic hydroxyl groups is 1. The Morgan fingerprint density at radius 3 is 2.47 bits per heavy atom. The van der Waals surface area contributed by atoms with Gasteiger partial charge in [0.2, 0.25) is 0 Å². The number of carbonyl (C=O) groups is 4. The van der Waals surface area contributed by atoms with Crippen molar-refractivity contribution in [3.63, 3.8) is 0 Å². The van der Waals surface area contributed by atoms with Crippen molar-refractivity contribution in [3.8, 4) is 5.75 Å². The molecule has 0 unspecified atom stereocenters. The molecule has 1 aromatic carbocycles. The Labute approximate surface area is 185 Å². The Bertz CT molecular complexity index is 1090. The molecule has 0 aliphatic heterocycles. The summed E-state index contributed by atoms with van der Waals surface area (Å²) in [6.45, 7) is 2.37. The van der Waals surface area contributed by atoms with Gasteiger partial charge in [0.15, 0.2) is 6.61 Å². The zero-order valence-electron chi connectivity index (χ0n) is 17.2. The summed E-state index contributed by atoms with van der Waals surface area (Å²) in [5.74, 6) is -3.79. The SMILES string of the molecule is CCOC(=O)c1c(NC(=O)COC(=O)c2cc([N+](=O)[O-])ccc2O)sc(C(=O)NC)c1C. The number of phenolic OH excluding ortho intramolecular Hbond substituents is 1. The lowest BCUT2D eigenvalue weighted by atomic mass is 10.1. The van der Waals surface area contributed by atoms with Crippen molar-refractivity contribution in [1.29, 1.82) is 0 Å². The van der Waals surface area contributed by atoms with E-state index in [2.05, 4.69) is 10.6 Å². The van der Waals surface area contributed by atoms with Gasteiger partial charge in [-0.2, -0.15) is 0 Å². The van der Waals surface area contributed by atoms with Gasteiger partial charge in [-0.3, -0.25) is 19.7 Å². The van der Waals surface area contributed by atoms with Crippen molar-refractivity contribution < 1.29 is 38.7 Å². The summed E-state index contributed by atoms with van der Waals surface area (Å²) in [7, 11) is 1.41. The van der Waals surface area contributed by atoms with Gasteiger partial charge < -0.3 is 25.2 Å². The van der Waals surface area contributed by atoms with Crippen molar-refractivity contribution >= 4 is 45.8 Å². The van der Waals surface area contributed by atoms with Crippen LogP contribution in [0.4, 0.5) is 10.7 Å². The minimum atomic E-state index is -1.17. The normalized spacial score (nSPS) is 10.2. The van der Waals surface area contributed by atoms with Crippen molar-refractivity contribution in [2.24, 2.45) is 0 Å². The van der Waals surface area contributed by atoms with Gasteiger partial charge in [0.25, 0.3) is 17.5 Å². The van der Waals surface area contributed by atoms with Gasteiger partial charge in [0, 0.05) is 19.2 Å². The molecular weight excluding hydrogens is 446 g/mol. The maximum Gasteiger partial charge on any atom is 0.342 e. The van der Waals surface area contributed by atoms with Crippen LogP contribution in [0.1, 0.15) is 42.9 Å². The minimum Gasteiger partial charge on any atom is -0.507 e. The Kier molecular flexibility index (Phi) is 7.85. The van der Waals surface area contributed by atoms with E-state index in [4.69, 9.17) is 9.47 Å². The fourth-order valence-electron chi connectivity index (χ4n) is 2.55. The van der Waals surface area contributed by atoms with Crippen LogP contribution in [0.3, 0.4) is 0 Å². The summed E-state index contributed by atoms with van der Waals surface area (Å²) < 4.78 is 9.78. The molecule has 2 rings (SSSR count). The van der Waals surface area contributed by atoms with Crippen molar-refractivity contribution in [3.05, 3.63) is 49.9 Å². The second-order valence-corrected chi connectivity index (χ2v) is 7.16. The van der Waals surface area contributed by atoms with E-state index in [0.29, 0.717) is 5.56 Å². The third-order valence-corrected chi connectivity index (χ3v) is 5.26. The number of nitrogens with zero attached hydrogens (tertiary/aromatic N) is 1. The molecule has 12 nitrogen and oxygen atoms in total. The Balaban J connectivity index is 2.18. The first kappa shape index (κ1) is 24.3. The number of hydrogen-bond donors (Lipinski definition) is 3. The van der Waals surface area contributed by atoms with Crippen LogP contribution >= 0.6 is 11.3 Å². The lowest BCUT2D eigenvalue weighted by Gasteiger charge is -2.08. The van der Waals surface area contributed by atoms with Crippen LogP contribution in [-0.4, -0.2) is 54.0 Å². The first-order valence-electron chi connectivity index (χ1n) is 9.07. The van der Waals surface area contributed by atoms with Crippen LogP contribution < -0.4 is 10.6 Å². The van der Waals surface area contributed by atoms with E-state index in [1.165, 1.54) is 14.0 Å². The number of amides is 2. The number of nitro benzene ring substituents is 1. The molecule has 0 atom stereocenters. The second kappa shape index (κ2) is 10.3. The number of thiophene rings is 1. The molecule has 0 fully saturated rings. The first-order valence-corrected chi connectivity index (χ1v) is 9.89. The highest BCUT2D eigenvalue weighted by molar-refractivity contribution is 7.18. The minimum absolute atomic E-state index is 0.00791. The fraction of sp³-hybridized carbons (Fsp3) is 0.263. The van der Waals surface area contributed by atoms with Gasteiger partial charge in [0.1, 0.15) is 16.3 Å². The summed E-state index contributed by atoms with van der Waals surface area (Å²) >= 11 is 0.839. The average Bonchev–Trinajstić information content (AvgIpc) is 3.07. The number of phenols is 1. The molecule has 1 aromatic heterocycles. The molecular formula is C19H19N3O9S. The van der Waals surface area contributed by atoms with E-state index in [0.717, 1.165) is 29.5 Å². The van der Waals surface area contributed by atoms with Crippen LogP contribution in [-0.2, 0) is 14.3 Å².